The summed E-state index contributed by atoms with van der Waals surface area (Å²) in [5.41, 5.74) is 7.16. The summed E-state index contributed by atoms with van der Waals surface area (Å²) in [5.74, 6) is -0.576. The zero-order valence-electron chi connectivity index (χ0n) is 26.7. The average molecular weight is 596 g/mol. The largest absolute Gasteiger partial charge is 0.494 e. The van der Waals surface area contributed by atoms with Gasteiger partial charge in [0.2, 0.25) is 0 Å². The molecule has 0 spiro atoms. The van der Waals surface area contributed by atoms with Gasteiger partial charge in [0.05, 0.1) is 25.5 Å². The molecule has 0 atom stereocenters. The molecule has 6 nitrogen and oxygen atoms in total. The molecule has 8 heteroatoms. The first-order chi connectivity index (χ1) is 20.5. The zero-order chi connectivity index (χ0) is 32.5. The van der Waals surface area contributed by atoms with Gasteiger partial charge in [0.1, 0.15) is 17.4 Å². The minimum absolute atomic E-state index is 0.0103. The summed E-state index contributed by atoms with van der Waals surface area (Å²) in [6.07, 6.45) is 11.7. The van der Waals surface area contributed by atoms with Crippen LogP contribution in [-0.4, -0.2) is 29.5 Å². The van der Waals surface area contributed by atoms with Crippen LogP contribution in [0.15, 0.2) is 79.2 Å². The molecule has 1 heterocycles. The van der Waals surface area contributed by atoms with E-state index in [-0.39, 0.29) is 17.9 Å². The number of benzene rings is 1. The quantitative estimate of drug-likeness (QED) is 0.185. The van der Waals surface area contributed by atoms with Crippen LogP contribution in [0, 0.1) is 18.6 Å². The Morgan fingerprint density at radius 1 is 1.09 bits per heavy atom. The fourth-order valence-corrected chi connectivity index (χ4v) is 4.14. The van der Waals surface area contributed by atoms with Crippen LogP contribution in [0.2, 0.25) is 0 Å². The lowest BCUT2D eigenvalue weighted by molar-refractivity contribution is -0.128. The number of aromatic nitrogens is 2. The second-order valence-electron chi connectivity index (χ2n) is 9.92. The second-order valence-corrected chi connectivity index (χ2v) is 9.92. The van der Waals surface area contributed by atoms with E-state index in [1.54, 1.807) is 30.7 Å². The molecular weight excluding hydrogens is 548 g/mol. The van der Waals surface area contributed by atoms with Crippen molar-refractivity contribution in [2.24, 2.45) is 0 Å². The molecule has 0 radical (unpaired) electrons. The molecule has 1 aliphatic rings. The Morgan fingerprint density at radius 3 is 2.12 bits per heavy atom. The number of nitrogens with zero attached hydrogens (tertiary/aromatic N) is 2. The van der Waals surface area contributed by atoms with Gasteiger partial charge in [0, 0.05) is 40.7 Å². The summed E-state index contributed by atoms with van der Waals surface area (Å²) in [4.78, 5) is 9.18. The van der Waals surface area contributed by atoms with Crippen LogP contribution in [0.1, 0.15) is 82.8 Å². The Balaban J connectivity index is 0.000000413. The van der Waals surface area contributed by atoms with E-state index in [1.165, 1.54) is 17.7 Å². The maximum Gasteiger partial charge on any atom is 0.293 e. The zero-order valence-corrected chi connectivity index (χ0v) is 26.7. The van der Waals surface area contributed by atoms with Crippen molar-refractivity contribution in [2.45, 2.75) is 73.8 Å². The lowest BCUT2D eigenvalue weighted by atomic mass is 10.1. The standard InChI is InChI=1S/C19H22F2N2O.C13H19N.C3H6O2/c1-5-24-14-8-16(20)15(17(21)9-14)10-23-19(13-6-7-13)12(4)18(22-23)11(2)3;1-6-9-12(5)14-13(10-7-2)11(4)8-3;1-2-5-3-4/h8-9,13H,2,5-7,10H2,1,3-4H3;6-10,14H,1-2H2,3-5H3;3H,2H2,1H3/b;11-8-,12-9+,13-10+;. The van der Waals surface area contributed by atoms with Crippen molar-refractivity contribution in [3.05, 3.63) is 113 Å². The van der Waals surface area contributed by atoms with Crippen LogP contribution in [0.3, 0.4) is 0 Å². The maximum absolute atomic E-state index is 14.4. The van der Waals surface area contributed by atoms with Crippen LogP contribution in [0.5, 0.6) is 5.75 Å². The molecule has 1 N–H and O–H groups in total. The molecule has 0 amide bonds. The lowest BCUT2D eigenvalue weighted by Gasteiger charge is -2.11. The summed E-state index contributed by atoms with van der Waals surface area (Å²) >= 11 is 0. The Bertz CT molecular complexity index is 1330. The number of allylic oxidation sites excluding steroid dienone is 8. The van der Waals surface area contributed by atoms with E-state index in [2.05, 4.69) is 47.9 Å². The number of carbonyl (C=O) groups is 1. The first kappa shape index (κ1) is 36.8. The molecular formula is C35H47F2N3O3. The fraction of sp³-hybridized carbons (Fsp3) is 0.371. The third-order valence-corrected chi connectivity index (χ3v) is 6.42. The number of nitrogens with one attached hydrogen (secondary N) is 1. The van der Waals surface area contributed by atoms with Crippen molar-refractivity contribution in [2.75, 3.05) is 13.2 Å². The molecule has 1 saturated carbocycles. The summed E-state index contributed by atoms with van der Waals surface area (Å²) in [6, 6.07) is 2.46. The van der Waals surface area contributed by atoms with E-state index in [0.717, 1.165) is 46.8 Å². The lowest BCUT2D eigenvalue weighted by Crippen LogP contribution is -2.11. The average Bonchev–Trinajstić information content (AvgIpc) is 3.73. The molecule has 234 valence electrons. The number of rotatable bonds is 13. The molecule has 1 fully saturated rings. The van der Waals surface area contributed by atoms with E-state index in [4.69, 9.17) is 4.74 Å². The molecule has 1 aromatic heterocycles. The molecule has 43 heavy (non-hydrogen) atoms. The highest BCUT2D eigenvalue weighted by Crippen LogP contribution is 2.43. The van der Waals surface area contributed by atoms with Crippen molar-refractivity contribution in [3.63, 3.8) is 0 Å². The highest BCUT2D eigenvalue weighted by Gasteiger charge is 2.31. The molecule has 2 aromatic rings. The molecule has 1 aliphatic carbocycles. The van der Waals surface area contributed by atoms with Crippen molar-refractivity contribution in [1.82, 2.24) is 15.1 Å². The molecule has 0 aliphatic heterocycles. The Hall–Kier alpha value is -4.20. The first-order valence-corrected chi connectivity index (χ1v) is 14.4. The smallest absolute Gasteiger partial charge is 0.293 e. The topological polar surface area (TPSA) is 65.4 Å². The van der Waals surface area contributed by atoms with E-state index < -0.39 is 11.6 Å². The summed E-state index contributed by atoms with van der Waals surface area (Å²) < 4.78 is 39.8. The van der Waals surface area contributed by atoms with Gasteiger partial charge in [-0.25, -0.2) is 8.78 Å². The normalized spacial score (nSPS) is 13.1. The highest BCUT2D eigenvalue weighted by molar-refractivity contribution is 5.62. The summed E-state index contributed by atoms with van der Waals surface area (Å²) in [5, 5.41) is 7.84. The van der Waals surface area contributed by atoms with Crippen molar-refractivity contribution in [3.8, 4) is 5.75 Å². The minimum Gasteiger partial charge on any atom is -0.494 e. The van der Waals surface area contributed by atoms with Gasteiger partial charge in [-0.3, -0.25) is 9.48 Å². The predicted molar refractivity (Wildman–Crippen MR) is 173 cm³/mol. The van der Waals surface area contributed by atoms with Gasteiger partial charge in [-0.15, -0.1) is 0 Å². The van der Waals surface area contributed by atoms with Crippen LogP contribution >= 0.6 is 0 Å². The Morgan fingerprint density at radius 2 is 1.70 bits per heavy atom. The van der Waals surface area contributed by atoms with Crippen molar-refractivity contribution >= 4 is 12.0 Å². The number of carbonyl (C=O) groups excluding carboxylic acids is 1. The summed E-state index contributed by atoms with van der Waals surface area (Å²) in [7, 11) is 0. The fourth-order valence-electron chi connectivity index (χ4n) is 4.14. The molecule has 0 bridgehead atoms. The van der Waals surface area contributed by atoms with E-state index in [9.17, 15) is 13.6 Å². The first-order valence-electron chi connectivity index (χ1n) is 14.4. The van der Waals surface area contributed by atoms with Gasteiger partial charge in [-0.05, 0) is 90.2 Å². The maximum atomic E-state index is 14.4. The third-order valence-electron chi connectivity index (χ3n) is 6.42. The van der Waals surface area contributed by atoms with Gasteiger partial charge >= 0.3 is 0 Å². The SMILES string of the molecule is C=C(C)c1nn(Cc2c(F)cc(OCC)cc2F)c(C2CC2)c1C.C=C/C=C(\C)NC(=C/C=C)/C(C)=C\C.CCOC=O. The number of halogens is 2. The van der Waals surface area contributed by atoms with E-state index in [1.807, 2.05) is 39.8 Å². The third kappa shape index (κ3) is 11.9. The van der Waals surface area contributed by atoms with Gasteiger partial charge in [-0.1, -0.05) is 38.0 Å². The molecule has 0 unspecified atom stereocenters. The Kier molecular flexibility index (Phi) is 16.3. The minimum atomic E-state index is -0.606. The van der Waals surface area contributed by atoms with Gasteiger partial charge in [0.25, 0.3) is 6.47 Å². The molecule has 3 rings (SSSR count). The van der Waals surface area contributed by atoms with E-state index in [0.29, 0.717) is 25.6 Å². The van der Waals surface area contributed by atoms with Gasteiger partial charge in [0.15, 0.2) is 0 Å². The number of hydrogen-bond acceptors (Lipinski definition) is 5. The van der Waals surface area contributed by atoms with Crippen LogP contribution in [0.25, 0.3) is 5.57 Å². The van der Waals surface area contributed by atoms with Crippen molar-refractivity contribution in [1.29, 1.82) is 0 Å². The van der Waals surface area contributed by atoms with Crippen LogP contribution in [0.4, 0.5) is 8.78 Å². The van der Waals surface area contributed by atoms with E-state index >= 15 is 0 Å². The molecule has 1 aromatic carbocycles. The van der Waals surface area contributed by atoms with Gasteiger partial charge < -0.3 is 14.8 Å². The summed E-state index contributed by atoms with van der Waals surface area (Å²) in [6.45, 7) is 26.1. The number of ether oxygens (including phenoxy) is 2. The van der Waals surface area contributed by atoms with Gasteiger partial charge in [-0.2, -0.15) is 5.10 Å². The highest BCUT2D eigenvalue weighted by atomic mass is 19.1. The number of hydrogen-bond donors (Lipinski definition) is 1. The molecule has 0 saturated heterocycles. The van der Waals surface area contributed by atoms with Crippen molar-refractivity contribution < 1.29 is 23.0 Å². The Labute approximate surface area is 256 Å². The van der Waals surface area contributed by atoms with Crippen LogP contribution in [-0.2, 0) is 16.1 Å². The monoisotopic (exact) mass is 595 g/mol. The van der Waals surface area contributed by atoms with Crippen LogP contribution < -0.4 is 10.1 Å². The predicted octanol–water partition coefficient (Wildman–Crippen LogP) is 8.71. The second kappa shape index (κ2) is 19.1.